The number of amides is 1. The van der Waals surface area contributed by atoms with Gasteiger partial charge in [-0.3, -0.25) is 14.4 Å². The van der Waals surface area contributed by atoms with Crippen molar-refractivity contribution in [2.75, 3.05) is 12.0 Å². The predicted octanol–water partition coefficient (Wildman–Crippen LogP) is 3.92. The Labute approximate surface area is 181 Å². The van der Waals surface area contributed by atoms with Gasteiger partial charge in [0, 0.05) is 23.4 Å². The molecule has 0 N–H and O–H groups in total. The lowest BCUT2D eigenvalue weighted by Gasteiger charge is -2.52. The first-order valence-electron chi connectivity index (χ1n) is 10.5. The van der Waals surface area contributed by atoms with Crippen LogP contribution in [0.25, 0.3) is 0 Å². The molecular formula is C26H23NO4. The molecule has 156 valence electrons. The Hall–Kier alpha value is -3.47. The number of benzene rings is 2. The molecule has 0 bridgehead atoms. The standard InChI is InChI=1S/C26H23NO4/c1-31-18-12-10-16(11-13-18)25-24(26(30)27(25)17-6-3-2-4-7-17)20-9-5-8-19-21(28)14-15-22(29)23(19)20/h2-7,9-15,19-20,23-25H,8H2,1H3/t19-,20-,23+,24-,25-/m1/s1. The van der Waals surface area contributed by atoms with Gasteiger partial charge in [-0.05, 0) is 48.4 Å². The zero-order valence-electron chi connectivity index (χ0n) is 17.2. The monoisotopic (exact) mass is 413 g/mol. The number of hydrogen-bond acceptors (Lipinski definition) is 4. The minimum atomic E-state index is -0.477. The molecule has 0 aromatic heterocycles. The van der Waals surface area contributed by atoms with Crippen LogP contribution in [0.15, 0.2) is 78.9 Å². The molecule has 0 spiro atoms. The zero-order chi connectivity index (χ0) is 21.5. The molecule has 1 fully saturated rings. The van der Waals surface area contributed by atoms with Gasteiger partial charge in [0.2, 0.25) is 5.91 Å². The Morgan fingerprint density at radius 3 is 2.29 bits per heavy atom. The van der Waals surface area contributed by atoms with Crippen molar-refractivity contribution < 1.29 is 19.1 Å². The lowest BCUT2D eigenvalue weighted by Crippen LogP contribution is -2.60. The molecule has 2 aromatic rings. The molecule has 1 saturated heterocycles. The summed E-state index contributed by atoms with van der Waals surface area (Å²) in [6, 6.07) is 17.1. The van der Waals surface area contributed by atoms with E-state index in [0.717, 1.165) is 17.0 Å². The number of β-lactam (4-membered cyclic amide) rings is 1. The summed E-state index contributed by atoms with van der Waals surface area (Å²) in [6.45, 7) is 0. The fourth-order valence-electron chi connectivity index (χ4n) is 5.26. The number of para-hydroxylation sites is 1. The molecule has 0 unspecified atom stereocenters. The third-order valence-corrected chi connectivity index (χ3v) is 6.75. The van der Waals surface area contributed by atoms with Crippen molar-refractivity contribution in [3.05, 3.63) is 84.5 Å². The van der Waals surface area contributed by atoms with Crippen molar-refractivity contribution >= 4 is 23.2 Å². The number of rotatable bonds is 4. The number of carbonyl (C=O) groups excluding carboxylic acids is 3. The summed E-state index contributed by atoms with van der Waals surface area (Å²) in [4.78, 5) is 40.5. The number of fused-ring (bicyclic) bond motifs is 1. The summed E-state index contributed by atoms with van der Waals surface area (Å²) >= 11 is 0. The number of allylic oxidation sites excluding steroid dienone is 4. The van der Waals surface area contributed by atoms with Gasteiger partial charge in [-0.1, -0.05) is 42.5 Å². The third kappa shape index (κ3) is 3.12. The number of anilines is 1. The van der Waals surface area contributed by atoms with Gasteiger partial charge in [0.25, 0.3) is 0 Å². The quantitative estimate of drug-likeness (QED) is 0.563. The first-order valence-corrected chi connectivity index (χ1v) is 10.5. The van der Waals surface area contributed by atoms with Crippen LogP contribution in [0, 0.1) is 23.7 Å². The fraction of sp³-hybridized carbons (Fsp3) is 0.269. The largest absolute Gasteiger partial charge is 0.497 e. The normalized spacial score (nSPS) is 29.5. The summed E-state index contributed by atoms with van der Waals surface area (Å²) in [5, 5.41) is 0. The van der Waals surface area contributed by atoms with Crippen LogP contribution >= 0.6 is 0 Å². The topological polar surface area (TPSA) is 63.7 Å². The maximum absolute atomic E-state index is 13.5. The van der Waals surface area contributed by atoms with Crippen molar-refractivity contribution in [1.82, 2.24) is 0 Å². The van der Waals surface area contributed by atoms with E-state index < -0.39 is 11.8 Å². The smallest absolute Gasteiger partial charge is 0.233 e. The molecule has 1 aliphatic heterocycles. The SMILES string of the molecule is COc1ccc([C@@H]2[C@@H]([C@@H]3C=CC[C@@H]4C(=O)C=CC(=O)[C@H]34)C(=O)N2c2ccccc2)cc1. The minimum absolute atomic E-state index is 0.0166. The molecule has 0 radical (unpaired) electrons. The summed E-state index contributed by atoms with van der Waals surface area (Å²) in [7, 11) is 1.62. The van der Waals surface area contributed by atoms with Crippen molar-refractivity contribution in [3.8, 4) is 5.75 Å². The molecule has 31 heavy (non-hydrogen) atoms. The molecule has 0 saturated carbocycles. The van der Waals surface area contributed by atoms with Crippen LogP contribution in [0.4, 0.5) is 5.69 Å². The Balaban J connectivity index is 1.56. The van der Waals surface area contributed by atoms with E-state index in [0.29, 0.717) is 6.42 Å². The Morgan fingerprint density at radius 2 is 1.58 bits per heavy atom. The Bertz CT molecular complexity index is 1090. The highest BCUT2D eigenvalue weighted by molar-refractivity contribution is 6.09. The molecule has 5 heteroatoms. The first-order chi connectivity index (χ1) is 15.1. The zero-order valence-corrected chi connectivity index (χ0v) is 17.2. The summed E-state index contributed by atoms with van der Waals surface area (Å²) < 4.78 is 5.29. The van der Waals surface area contributed by atoms with Crippen LogP contribution in [0.3, 0.4) is 0 Å². The highest BCUT2D eigenvalue weighted by Gasteiger charge is 2.56. The van der Waals surface area contributed by atoms with E-state index >= 15 is 0 Å². The van der Waals surface area contributed by atoms with Crippen LogP contribution in [0.1, 0.15) is 18.0 Å². The van der Waals surface area contributed by atoms with Crippen molar-refractivity contribution in [2.45, 2.75) is 12.5 Å². The van der Waals surface area contributed by atoms with Crippen LogP contribution in [0.2, 0.25) is 0 Å². The Kier molecular flexibility index (Phi) is 4.81. The molecule has 1 heterocycles. The first kappa shape index (κ1) is 19.5. The van der Waals surface area contributed by atoms with E-state index in [4.69, 9.17) is 4.74 Å². The highest BCUT2D eigenvalue weighted by Crippen LogP contribution is 2.52. The van der Waals surface area contributed by atoms with Crippen LogP contribution in [-0.2, 0) is 14.4 Å². The molecule has 5 nitrogen and oxygen atoms in total. The second-order valence-electron chi connectivity index (χ2n) is 8.30. The van der Waals surface area contributed by atoms with Crippen LogP contribution < -0.4 is 9.64 Å². The molecule has 1 amide bonds. The lowest BCUT2D eigenvalue weighted by molar-refractivity contribution is -0.139. The lowest BCUT2D eigenvalue weighted by atomic mass is 9.61. The third-order valence-electron chi connectivity index (χ3n) is 6.75. The number of carbonyl (C=O) groups is 3. The van der Waals surface area contributed by atoms with E-state index in [1.54, 1.807) is 12.0 Å². The average Bonchev–Trinajstić information content (AvgIpc) is 2.81. The maximum atomic E-state index is 13.5. The molecular weight excluding hydrogens is 390 g/mol. The molecule has 2 aromatic carbocycles. The van der Waals surface area contributed by atoms with Gasteiger partial charge in [-0.2, -0.15) is 0 Å². The van der Waals surface area contributed by atoms with E-state index in [1.165, 1.54) is 12.2 Å². The summed E-state index contributed by atoms with van der Waals surface area (Å²) in [6.07, 6.45) is 7.26. The van der Waals surface area contributed by atoms with E-state index in [2.05, 4.69) is 0 Å². The van der Waals surface area contributed by atoms with E-state index in [-0.39, 0.29) is 35.4 Å². The summed E-state index contributed by atoms with van der Waals surface area (Å²) in [5.74, 6) is -0.909. The highest BCUT2D eigenvalue weighted by atomic mass is 16.5. The Morgan fingerprint density at radius 1 is 0.871 bits per heavy atom. The van der Waals surface area contributed by atoms with Gasteiger partial charge in [-0.15, -0.1) is 0 Å². The van der Waals surface area contributed by atoms with Crippen LogP contribution in [-0.4, -0.2) is 24.6 Å². The van der Waals surface area contributed by atoms with Crippen molar-refractivity contribution in [2.24, 2.45) is 23.7 Å². The number of nitrogens with zero attached hydrogens (tertiary/aromatic N) is 1. The maximum Gasteiger partial charge on any atom is 0.233 e. The number of hydrogen-bond donors (Lipinski definition) is 0. The summed E-state index contributed by atoms with van der Waals surface area (Å²) in [5.41, 5.74) is 1.81. The predicted molar refractivity (Wildman–Crippen MR) is 117 cm³/mol. The molecule has 3 aliphatic rings. The number of ether oxygens (including phenoxy) is 1. The fourth-order valence-corrected chi connectivity index (χ4v) is 5.26. The minimum Gasteiger partial charge on any atom is -0.497 e. The average molecular weight is 413 g/mol. The second kappa shape index (κ2) is 7.65. The van der Waals surface area contributed by atoms with Gasteiger partial charge in [-0.25, -0.2) is 0 Å². The number of ketones is 2. The van der Waals surface area contributed by atoms with Crippen molar-refractivity contribution in [1.29, 1.82) is 0 Å². The van der Waals surface area contributed by atoms with Crippen molar-refractivity contribution in [3.63, 3.8) is 0 Å². The molecule has 5 rings (SSSR count). The van der Waals surface area contributed by atoms with Gasteiger partial charge < -0.3 is 9.64 Å². The number of methoxy groups -OCH3 is 1. The molecule has 5 atom stereocenters. The van der Waals surface area contributed by atoms with Gasteiger partial charge >= 0.3 is 0 Å². The van der Waals surface area contributed by atoms with Gasteiger partial charge in [0.05, 0.1) is 19.1 Å². The van der Waals surface area contributed by atoms with E-state index in [9.17, 15) is 14.4 Å². The van der Waals surface area contributed by atoms with Gasteiger partial charge in [0.1, 0.15) is 5.75 Å². The second-order valence-corrected chi connectivity index (χ2v) is 8.30. The van der Waals surface area contributed by atoms with Crippen LogP contribution in [0.5, 0.6) is 5.75 Å². The van der Waals surface area contributed by atoms with Gasteiger partial charge in [0.15, 0.2) is 11.6 Å². The molecule has 2 aliphatic carbocycles. The van der Waals surface area contributed by atoms with E-state index in [1.807, 2.05) is 66.7 Å².